The highest BCUT2D eigenvalue weighted by atomic mass is 32.2. The van der Waals surface area contributed by atoms with Crippen molar-refractivity contribution in [3.8, 4) is 11.8 Å². The molecule has 1 aliphatic heterocycles. The van der Waals surface area contributed by atoms with Gasteiger partial charge in [0, 0.05) is 11.6 Å². The summed E-state index contributed by atoms with van der Waals surface area (Å²) in [4.78, 5) is 21.7. The number of sulfonamides is 1. The molecular weight excluding hydrogens is 382 g/mol. The van der Waals surface area contributed by atoms with Crippen LogP contribution in [0.5, 0.6) is 5.75 Å². The van der Waals surface area contributed by atoms with E-state index in [-0.39, 0.29) is 16.2 Å². The number of carbonyl (C=O) groups is 2. The first-order valence-electron chi connectivity index (χ1n) is 7.76. The minimum absolute atomic E-state index is 0.0315. The van der Waals surface area contributed by atoms with Crippen LogP contribution in [0.15, 0.2) is 77.7 Å². The number of rotatable bonds is 3. The number of amides is 1. The second-order valence-electron chi connectivity index (χ2n) is 5.27. The number of fused-ring (bicyclic) bond motifs is 1. The van der Waals surface area contributed by atoms with Gasteiger partial charge >= 0.3 is 5.97 Å². The lowest BCUT2D eigenvalue weighted by Gasteiger charge is -2.00. The molecule has 0 radical (unpaired) electrons. The zero-order chi connectivity index (χ0) is 20.7. The normalized spacial score (nSPS) is 14.8. The number of nitrogens with one attached hydrogen (secondary N) is 1. The van der Waals surface area contributed by atoms with E-state index in [1.165, 1.54) is 12.1 Å². The second kappa shape index (κ2) is 8.66. The molecule has 1 aliphatic rings. The van der Waals surface area contributed by atoms with E-state index in [1.54, 1.807) is 42.5 Å². The molecule has 0 atom stereocenters. The third-order valence-electron chi connectivity index (χ3n) is 3.42. The molecule has 9 heteroatoms. The first kappa shape index (κ1) is 20.4. The number of esters is 1. The van der Waals surface area contributed by atoms with Crippen LogP contribution in [0.25, 0.3) is 5.70 Å². The molecule has 0 aliphatic carbocycles. The van der Waals surface area contributed by atoms with Gasteiger partial charge < -0.3 is 10.5 Å². The van der Waals surface area contributed by atoms with E-state index in [9.17, 15) is 18.0 Å². The summed E-state index contributed by atoms with van der Waals surface area (Å²) in [5, 5.41) is 8.81. The fraction of sp³-hybridized carbons (Fsp3) is 0. The molecule has 3 rings (SSSR count). The number of hydrogen-bond acceptors (Lipinski definition) is 6. The van der Waals surface area contributed by atoms with Crippen LogP contribution in [-0.2, 0) is 19.6 Å². The molecule has 0 aromatic heterocycles. The summed E-state index contributed by atoms with van der Waals surface area (Å²) in [7, 11) is -3.71. The van der Waals surface area contributed by atoms with Gasteiger partial charge in [0.25, 0.3) is 15.9 Å². The fourth-order valence-electron chi connectivity index (χ4n) is 2.22. The van der Waals surface area contributed by atoms with E-state index in [0.717, 1.165) is 6.08 Å². The van der Waals surface area contributed by atoms with Crippen LogP contribution >= 0.6 is 0 Å². The van der Waals surface area contributed by atoms with E-state index < -0.39 is 27.5 Å². The van der Waals surface area contributed by atoms with E-state index in [4.69, 9.17) is 15.7 Å². The predicted octanol–water partition coefficient (Wildman–Crippen LogP) is 1.48. The average molecular weight is 397 g/mol. The first-order chi connectivity index (χ1) is 13.3. The maximum atomic E-state index is 11.7. The summed E-state index contributed by atoms with van der Waals surface area (Å²) in [6, 6.07) is 16.5. The van der Waals surface area contributed by atoms with Crippen molar-refractivity contribution in [3.05, 3.63) is 78.4 Å². The second-order valence-corrected chi connectivity index (χ2v) is 6.92. The molecule has 8 nitrogen and oxygen atoms in total. The summed E-state index contributed by atoms with van der Waals surface area (Å²) in [6.07, 6.45) is 1.13. The molecule has 1 heterocycles. The minimum atomic E-state index is -3.71. The van der Waals surface area contributed by atoms with E-state index in [0.29, 0.717) is 5.75 Å². The number of para-hydroxylation sites is 1. The van der Waals surface area contributed by atoms with Crippen LogP contribution in [0.4, 0.5) is 0 Å². The van der Waals surface area contributed by atoms with Crippen molar-refractivity contribution in [2.45, 2.75) is 4.90 Å². The molecule has 1 amide bonds. The Labute approximate surface area is 161 Å². The molecule has 0 bridgehead atoms. The number of benzene rings is 2. The number of ether oxygens (including phenoxy) is 1. The van der Waals surface area contributed by atoms with Crippen LogP contribution in [0.3, 0.4) is 0 Å². The van der Waals surface area contributed by atoms with Crippen LogP contribution in [0, 0.1) is 11.3 Å². The van der Waals surface area contributed by atoms with Crippen molar-refractivity contribution in [2.24, 2.45) is 5.73 Å². The largest absolute Gasteiger partial charge is 0.423 e. The van der Waals surface area contributed by atoms with Gasteiger partial charge in [0.15, 0.2) is 0 Å². The molecular formula is C19H15N3O5S. The van der Waals surface area contributed by atoms with Gasteiger partial charge in [-0.1, -0.05) is 43.0 Å². The zero-order valence-corrected chi connectivity index (χ0v) is 15.3. The average Bonchev–Trinajstić information content (AvgIpc) is 2.95. The molecule has 2 aromatic carbocycles. The quantitative estimate of drug-likeness (QED) is 0.348. The number of nitriles is 1. The smallest absolute Gasteiger partial charge is 0.335 e. The topological polar surface area (TPSA) is 139 Å². The molecule has 0 saturated carbocycles. The van der Waals surface area contributed by atoms with Gasteiger partial charge in [-0.25, -0.2) is 13.2 Å². The Morgan fingerprint density at radius 1 is 1.11 bits per heavy atom. The Balaban J connectivity index is 0.000000221. The Morgan fingerprint density at radius 2 is 1.71 bits per heavy atom. The zero-order valence-electron chi connectivity index (χ0n) is 14.5. The Morgan fingerprint density at radius 3 is 2.29 bits per heavy atom. The van der Waals surface area contributed by atoms with Gasteiger partial charge in [-0.15, -0.1) is 0 Å². The van der Waals surface area contributed by atoms with Crippen molar-refractivity contribution in [1.29, 1.82) is 5.26 Å². The van der Waals surface area contributed by atoms with Gasteiger partial charge in [-0.05, 0) is 18.2 Å². The number of nitrogens with zero attached hydrogens (tertiary/aromatic N) is 1. The summed E-state index contributed by atoms with van der Waals surface area (Å²) >= 11 is 0. The molecule has 0 saturated heterocycles. The summed E-state index contributed by atoms with van der Waals surface area (Å²) in [5.41, 5.74) is 4.84. The van der Waals surface area contributed by atoms with Gasteiger partial charge in [0.1, 0.15) is 17.4 Å². The molecule has 0 fully saturated rings. The Bertz CT molecular complexity index is 1100. The minimum Gasteiger partial charge on any atom is -0.423 e. The Kier molecular flexibility index (Phi) is 6.31. The predicted molar refractivity (Wildman–Crippen MR) is 101 cm³/mol. The third kappa shape index (κ3) is 4.63. The van der Waals surface area contributed by atoms with E-state index >= 15 is 0 Å². The number of primary amides is 1. The maximum Gasteiger partial charge on any atom is 0.335 e. The van der Waals surface area contributed by atoms with Gasteiger partial charge in [-0.3, -0.25) is 9.52 Å². The van der Waals surface area contributed by atoms with Crippen LogP contribution in [0.2, 0.25) is 0 Å². The summed E-state index contributed by atoms with van der Waals surface area (Å²) in [6.45, 7) is 3.28. The third-order valence-corrected chi connectivity index (χ3v) is 4.83. The van der Waals surface area contributed by atoms with Gasteiger partial charge in [0.2, 0.25) is 0 Å². The highest BCUT2D eigenvalue weighted by Gasteiger charge is 2.32. The molecule has 0 unspecified atom stereocenters. The van der Waals surface area contributed by atoms with E-state index in [1.807, 2.05) is 6.07 Å². The van der Waals surface area contributed by atoms with E-state index in [2.05, 4.69) is 11.3 Å². The van der Waals surface area contributed by atoms with Crippen molar-refractivity contribution >= 4 is 27.6 Å². The van der Waals surface area contributed by atoms with Crippen molar-refractivity contribution < 1.29 is 22.7 Å². The SMILES string of the molecule is C=CC(=O)Oc1ccccc1.N#CC(C(N)=O)=C1NS(=O)(=O)c2ccccc21. The van der Waals surface area contributed by atoms with Crippen LogP contribution in [-0.4, -0.2) is 20.3 Å². The van der Waals surface area contributed by atoms with Crippen molar-refractivity contribution in [2.75, 3.05) is 0 Å². The lowest BCUT2D eigenvalue weighted by atomic mass is 10.1. The van der Waals surface area contributed by atoms with Crippen LogP contribution < -0.4 is 15.2 Å². The standard InChI is InChI=1S/C10H7N3O3S.C9H8O2/c11-5-7(10(12)14)9-6-3-1-2-4-8(6)17(15,16)13-9;1-2-9(10)11-8-6-4-3-5-7-8/h1-4,13H,(H2,12,14);2-7H,1H2. The molecule has 0 spiro atoms. The monoisotopic (exact) mass is 397 g/mol. The summed E-state index contributed by atoms with van der Waals surface area (Å²) < 4.78 is 30.4. The van der Waals surface area contributed by atoms with Crippen molar-refractivity contribution in [1.82, 2.24) is 4.72 Å². The number of hydrogen-bond donors (Lipinski definition) is 2. The first-order valence-corrected chi connectivity index (χ1v) is 9.24. The lowest BCUT2D eigenvalue weighted by Crippen LogP contribution is -2.20. The maximum absolute atomic E-state index is 11.7. The Hall–Kier alpha value is -3.90. The highest BCUT2D eigenvalue weighted by Crippen LogP contribution is 2.31. The van der Waals surface area contributed by atoms with Gasteiger partial charge in [-0.2, -0.15) is 5.26 Å². The summed E-state index contributed by atoms with van der Waals surface area (Å²) in [5.74, 6) is -0.865. The molecule has 3 N–H and O–H groups in total. The number of carbonyl (C=O) groups excluding carboxylic acids is 2. The van der Waals surface area contributed by atoms with Crippen molar-refractivity contribution in [3.63, 3.8) is 0 Å². The fourth-order valence-corrected chi connectivity index (χ4v) is 3.53. The molecule has 28 heavy (non-hydrogen) atoms. The lowest BCUT2D eigenvalue weighted by molar-refractivity contribution is -0.129. The van der Waals surface area contributed by atoms with Gasteiger partial charge in [0.05, 0.1) is 10.6 Å². The number of nitrogens with two attached hydrogens (primary N) is 1. The molecule has 142 valence electrons. The molecule has 2 aromatic rings. The van der Waals surface area contributed by atoms with Crippen LogP contribution in [0.1, 0.15) is 5.56 Å². The highest BCUT2D eigenvalue weighted by molar-refractivity contribution is 7.90.